The molecule has 8 aromatic carbocycles. The Morgan fingerprint density at radius 3 is 1.60 bits per heavy atom. The zero-order valence-electron chi connectivity index (χ0n) is 29.5. The number of aromatic nitrogens is 2. The Bertz CT molecular complexity index is 3180. The summed E-state index contributed by atoms with van der Waals surface area (Å²) in [5.74, 6) is 1.51. The molecule has 0 bridgehead atoms. The quantitative estimate of drug-likeness (QED) is 0.172. The van der Waals surface area contributed by atoms with E-state index in [2.05, 4.69) is 121 Å². The number of benzene rings is 8. The fourth-order valence-corrected chi connectivity index (χ4v) is 8.49. The van der Waals surface area contributed by atoms with Gasteiger partial charge in [0.25, 0.3) is 0 Å². The molecule has 1 aliphatic rings. The van der Waals surface area contributed by atoms with Crippen molar-refractivity contribution in [2.45, 2.75) is 0 Å². The summed E-state index contributed by atoms with van der Waals surface area (Å²) < 4.78 is 6.47. The third-order valence-corrected chi connectivity index (χ3v) is 11.0. The third kappa shape index (κ3) is 4.91. The van der Waals surface area contributed by atoms with Crippen molar-refractivity contribution >= 4 is 43.1 Å². The van der Waals surface area contributed by atoms with E-state index in [9.17, 15) is 5.26 Å². The van der Waals surface area contributed by atoms with Crippen molar-refractivity contribution in [1.29, 1.82) is 5.26 Å². The zero-order valence-corrected chi connectivity index (χ0v) is 29.5. The van der Waals surface area contributed by atoms with Gasteiger partial charge < -0.3 is 4.74 Å². The molecule has 254 valence electrons. The van der Waals surface area contributed by atoms with Gasteiger partial charge in [0.05, 0.1) is 23.0 Å². The van der Waals surface area contributed by atoms with Crippen LogP contribution < -0.4 is 4.74 Å². The molecule has 0 fully saturated rings. The van der Waals surface area contributed by atoms with E-state index < -0.39 is 0 Å². The molecule has 0 amide bonds. The molecule has 11 rings (SSSR count). The maximum absolute atomic E-state index is 9.55. The highest BCUT2D eigenvalue weighted by Gasteiger charge is 2.23. The molecular formula is C51H29N3O. The van der Waals surface area contributed by atoms with Gasteiger partial charge in [-0.2, -0.15) is 5.26 Å². The summed E-state index contributed by atoms with van der Waals surface area (Å²) >= 11 is 0. The van der Waals surface area contributed by atoms with Crippen LogP contribution in [-0.4, -0.2) is 9.97 Å². The number of hydrogen-bond donors (Lipinski definition) is 0. The molecule has 3 heterocycles. The van der Waals surface area contributed by atoms with Gasteiger partial charge in [0.2, 0.25) is 0 Å². The predicted octanol–water partition coefficient (Wildman–Crippen LogP) is 13.4. The van der Waals surface area contributed by atoms with Gasteiger partial charge in [-0.05, 0) is 144 Å². The molecule has 0 atom stereocenters. The predicted molar refractivity (Wildman–Crippen MR) is 224 cm³/mol. The van der Waals surface area contributed by atoms with Gasteiger partial charge in [-0.25, -0.2) is 0 Å². The average Bonchev–Trinajstić information content (AvgIpc) is 3.26. The number of nitriles is 1. The van der Waals surface area contributed by atoms with Crippen LogP contribution in [0.5, 0.6) is 11.5 Å². The highest BCUT2D eigenvalue weighted by Crippen LogP contribution is 2.50. The molecule has 4 nitrogen and oxygen atoms in total. The van der Waals surface area contributed by atoms with Crippen LogP contribution in [0.3, 0.4) is 0 Å². The van der Waals surface area contributed by atoms with Gasteiger partial charge in [-0.15, -0.1) is 0 Å². The second-order valence-corrected chi connectivity index (χ2v) is 14.0. The van der Waals surface area contributed by atoms with Crippen molar-refractivity contribution in [3.05, 3.63) is 182 Å². The van der Waals surface area contributed by atoms with Gasteiger partial charge in [-0.3, -0.25) is 9.97 Å². The Morgan fingerprint density at radius 2 is 0.945 bits per heavy atom. The van der Waals surface area contributed by atoms with Gasteiger partial charge in [0.15, 0.2) is 0 Å². The summed E-state index contributed by atoms with van der Waals surface area (Å²) in [7, 11) is 0. The van der Waals surface area contributed by atoms with Crippen LogP contribution in [0.25, 0.3) is 99.0 Å². The first-order valence-corrected chi connectivity index (χ1v) is 18.4. The first-order chi connectivity index (χ1) is 27.2. The summed E-state index contributed by atoms with van der Waals surface area (Å²) in [6, 6.07) is 59.8. The fraction of sp³-hybridized carbons (Fsp3) is 0. The summed E-state index contributed by atoms with van der Waals surface area (Å²) in [4.78, 5) is 9.46. The molecule has 0 aliphatic carbocycles. The highest BCUT2D eigenvalue weighted by molar-refractivity contribution is 6.25. The molecule has 4 heteroatoms. The van der Waals surface area contributed by atoms with Crippen LogP contribution in [0.4, 0.5) is 0 Å². The monoisotopic (exact) mass is 699 g/mol. The lowest BCUT2D eigenvalue weighted by atomic mass is 9.85. The summed E-state index contributed by atoms with van der Waals surface area (Å²) in [5.41, 5.74) is 11.2. The number of hydrogen-bond acceptors (Lipinski definition) is 4. The van der Waals surface area contributed by atoms with E-state index in [1.165, 1.54) is 37.9 Å². The van der Waals surface area contributed by atoms with Crippen molar-refractivity contribution < 1.29 is 4.74 Å². The van der Waals surface area contributed by atoms with Gasteiger partial charge in [-0.1, -0.05) is 84.9 Å². The van der Waals surface area contributed by atoms with E-state index in [-0.39, 0.29) is 0 Å². The van der Waals surface area contributed by atoms with Crippen molar-refractivity contribution in [3.8, 4) is 73.5 Å². The second kappa shape index (κ2) is 12.2. The normalized spacial score (nSPS) is 11.8. The van der Waals surface area contributed by atoms with Crippen molar-refractivity contribution in [2.75, 3.05) is 0 Å². The minimum Gasteiger partial charge on any atom is -0.456 e. The third-order valence-electron chi connectivity index (χ3n) is 11.0. The molecule has 0 unspecified atom stereocenters. The first-order valence-electron chi connectivity index (χ1n) is 18.4. The lowest BCUT2D eigenvalue weighted by Crippen LogP contribution is -1.98. The Labute approximate surface area is 317 Å². The lowest BCUT2D eigenvalue weighted by Gasteiger charge is -2.23. The van der Waals surface area contributed by atoms with Crippen LogP contribution in [0.1, 0.15) is 5.56 Å². The van der Waals surface area contributed by atoms with E-state index in [4.69, 9.17) is 14.7 Å². The highest BCUT2D eigenvalue weighted by atomic mass is 16.5. The molecule has 0 radical (unpaired) electrons. The zero-order chi connectivity index (χ0) is 36.5. The summed E-state index contributed by atoms with van der Waals surface area (Å²) in [5, 5.41) is 18.9. The summed E-state index contributed by atoms with van der Waals surface area (Å²) in [6.45, 7) is 0. The van der Waals surface area contributed by atoms with E-state index >= 15 is 0 Å². The van der Waals surface area contributed by atoms with Crippen LogP contribution in [0.2, 0.25) is 0 Å². The summed E-state index contributed by atoms with van der Waals surface area (Å²) in [6.07, 6.45) is 3.69. The van der Waals surface area contributed by atoms with E-state index in [0.717, 1.165) is 66.9 Å². The van der Waals surface area contributed by atoms with Crippen molar-refractivity contribution in [1.82, 2.24) is 9.97 Å². The van der Waals surface area contributed by atoms with Gasteiger partial charge in [0.1, 0.15) is 11.5 Å². The number of ether oxygens (including phenoxy) is 1. The largest absolute Gasteiger partial charge is 0.456 e. The molecule has 0 spiro atoms. The smallest absolute Gasteiger partial charge is 0.136 e. The standard InChI is InChI=1S/C51H29N3O/c52-30-31-18-19-40-42-21-20-39(41-14-9-17-49(51(41)42)55-50(40)24-31)44-29-46-36-11-2-1-10-35(36)43(28-45(46)38-13-4-3-12-37(38)44)32-25-33(47-15-5-7-22-53-47)27-34(26-32)48-16-6-8-23-54-48/h1-29H. The van der Waals surface area contributed by atoms with Crippen LogP contribution >= 0.6 is 0 Å². The van der Waals surface area contributed by atoms with Crippen LogP contribution in [0.15, 0.2) is 176 Å². The number of fused-ring (bicyclic) bond motifs is 7. The minimum absolute atomic E-state index is 0.582. The molecule has 0 saturated carbocycles. The second-order valence-electron chi connectivity index (χ2n) is 14.0. The van der Waals surface area contributed by atoms with Gasteiger partial charge >= 0.3 is 0 Å². The molecule has 2 aromatic heterocycles. The first kappa shape index (κ1) is 31.0. The number of nitrogens with zero attached hydrogens (tertiary/aromatic N) is 3. The fourth-order valence-electron chi connectivity index (χ4n) is 8.49. The maximum Gasteiger partial charge on any atom is 0.136 e. The maximum atomic E-state index is 9.55. The van der Waals surface area contributed by atoms with Gasteiger partial charge in [0, 0.05) is 34.5 Å². The minimum atomic E-state index is 0.582. The van der Waals surface area contributed by atoms with Crippen LogP contribution in [-0.2, 0) is 0 Å². The van der Waals surface area contributed by atoms with Crippen LogP contribution in [0, 0.1) is 11.3 Å². The Balaban J connectivity index is 1.18. The van der Waals surface area contributed by atoms with Crippen molar-refractivity contribution in [3.63, 3.8) is 0 Å². The Morgan fingerprint density at radius 1 is 0.382 bits per heavy atom. The molecule has 0 saturated heterocycles. The van der Waals surface area contributed by atoms with E-state index in [1.807, 2.05) is 60.9 Å². The number of pyridine rings is 2. The molecule has 55 heavy (non-hydrogen) atoms. The van der Waals surface area contributed by atoms with E-state index in [0.29, 0.717) is 11.3 Å². The SMILES string of the molecule is N#Cc1ccc2c(c1)Oc1cccc3c(-c4cc5c6ccccc6c(-c6cc(-c7ccccn7)cc(-c7ccccn7)c6)cc5c5ccccc45)ccc-2c13. The Kier molecular flexibility index (Phi) is 6.89. The van der Waals surface area contributed by atoms with Crippen molar-refractivity contribution in [2.24, 2.45) is 0 Å². The lowest BCUT2D eigenvalue weighted by molar-refractivity contribution is 0.487. The van der Waals surface area contributed by atoms with E-state index in [1.54, 1.807) is 0 Å². The molecule has 10 aromatic rings. The average molecular weight is 700 g/mol. The molecular weight excluding hydrogens is 671 g/mol. The topological polar surface area (TPSA) is 58.8 Å². The Hall–Kier alpha value is -7.61. The number of rotatable bonds is 4. The molecule has 0 N–H and O–H groups in total. The molecule has 1 aliphatic heterocycles.